The van der Waals surface area contributed by atoms with Crippen molar-refractivity contribution in [3.8, 4) is 0 Å². The third kappa shape index (κ3) is 1.16. The summed E-state index contributed by atoms with van der Waals surface area (Å²) in [6.07, 6.45) is 1.28. The molecule has 1 aliphatic heterocycles. The zero-order valence-corrected chi connectivity index (χ0v) is 6.65. The molecule has 1 atom stereocenters. The Kier molecular flexibility index (Phi) is 1.74. The van der Waals surface area contributed by atoms with Crippen molar-refractivity contribution >= 4 is 10.0 Å². The van der Waals surface area contributed by atoms with E-state index >= 15 is 0 Å². The van der Waals surface area contributed by atoms with Crippen LogP contribution in [0.15, 0.2) is 0 Å². The molecule has 0 spiro atoms. The molecule has 5 heteroatoms. The first-order valence-electron chi connectivity index (χ1n) is 3.12. The minimum Gasteiger partial charge on any atom is -0.358 e. The first kappa shape index (κ1) is 7.97. The Labute approximate surface area is 60.4 Å². The van der Waals surface area contributed by atoms with Gasteiger partial charge in [0.2, 0.25) is 10.0 Å². The maximum Gasteiger partial charge on any atom is 0.238 e. The highest BCUT2D eigenvalue weighted by atomic mass is 32.2. The number of hydrogen-bond donors (Lipinski definition) is 1. The predicted molar refractivity (Wildman–Crippen MR) is 36.7 cm³/mol. The highest BCUT2D eigenvalue weighted by Gasteiger charge is 2.40. The lowest BCUT2D eigenvalue weighted by atomic mass is 10.3. The summed E-state index contributed by atoms with van der Waals surface area (Å²) in [5, 5.41) is 4.92. The summed E-state index contributed by atoms with van der Waals surface area (Å²) in [5.41, 5.74) is 0. The van der Waals surface area contributed by atoms with Crippen molar-refractivity contribution in [2.45, 2.75) is 24.7 Å². The smallest absolute Gasteiger partial charge is 0.238 e. The van der Waals surface area contributed by atoms with Crippen LogP contribution >= 0.6 is 0 Å². The van der Waals surface area contributed by atoms with Gasteiger partial charge >= 0.3 is 0 Å². The van der Waals surface area contributed by atoms with E-state index in [4.69, 9.17) is 9.88 Å². The third-order valence-corrected chi connectivity index (χ3v) is 3.31. The number of nitrogens with two attached hydrogens (primary N) is 1. The standard InChI is InChI=1S/C5H11NO3S/c1-5(10(6,7)8)3-2-4-9-5/h2-4H2,1H3,(H2,6,7,8). The molecule has 60 valence electrons. The summed E-state index contributed by atoms with van der Waals surface area (Å²) in [6.45, 7) is 2.00. The van der Waals surface area contributed by atoms with Crippen molar-refractivity contribution in [3.05, 3.63) is 0 Å². The maximum absolute atomic E-state index is 10.8. The Balaban J connectivity index is 2.88. The summed E-state index contributed by atoms with van der Waals surface area (Å²) in [6, 6.07) is 0. The number of ether oxygens (including phenoxy) is 1. The molecule has 10 heavy (non-hydrogen) atoms. The molecule has 4 nitrogen and oxygen atoms in total. The van der Waals surface area contributed by atoms with Crippen molar-refractivity contribution in [2.24, 2.45) is 5.14 Å². The second-order valence-electron chi connectivity index (χ2n) is 2.63. The van der Waals surface area contributed by atoms with Crippen molar-refractivity contribution < 1.29 is 13.2 Å². The minimum atomic E-state index is -3.52. The Morgan fingerprint density at radius 2 is 2.20 bits per heavy atom. The molecule has 1 fully saturated rings. The Morgan fingerprint density at radius 1 is 1.60 bits per heavy atom. The largest absolute Gasteiger partial charge is 0.358 e. The summed E-state index contributed by atoms with van der Waals surface area (Å²) in [5.74, 6) is 0. The molecule has 0 saturated carbocycles. The quantitative estimate of drug-likeness (QED) is 0.585. The fourth-order valence-corrected chi connectivity index (χ4v) is 1.65. The van der Waals surface area contributed by atoms with Crippen LogP contribution in [0.25, 0.3) is 0 Å². The molecule has 0 amide bonds. The molecule has 1 aliphatic rings. The highest BCUT2D eigenvalue weighted by molar-refractivity contribution is 7.90. The van der Waals surface area contributed by atoms with Gasteiger partial charge in [0.1, 0.15) is 0 Å². The molecule has 1 rings (SSSR count). The Hall–Kier alpha value is -0.130. The Bertz CT molecular complexity index is 215. The monoisotopic (exact) mass is 165 g/mol. The Morgan fingerprint density at radius 3 is 2.40 bits per heavy atom. The SMILES string of the molecule is CC1(S(N)(=O)=O)CCCO1. The summed E-state index contributed by atoms with van der Waals surface area (Å²) < 4.78 is 26.6. The first-order valence-corrected chi connectivity index (χ1v) is 4.67. The van der Waals surface area contributed by atoms with E-state index in [9.17, 15) is 8.42 Å². The summed E-state index contributed by atoms with van der Waals surface area (Å²) in [4.78, 5) is -1.12. The van der Waals surface area contributed by atoms with Crippen LogP contribution in [0.4, 0.5) is 0 Å². The van der Waals surface area contributed by atoms with Crippen LogP contribution in [0.2, 0.25) is 0 Å². The van der Waals surface area contributed by atoms with Gasteiger partial charge in [0, 0.05) is 6.61 Å². The van der Waals surface area contributed by atoms with Crippen LogP contribution in [0, 0.1) is 0 Å². The van der Waals surface area contributed by atoms with Crippen molar-refractivity contribution in [1.29, 1.82) is 0 Å². The molecule has 1 unspecified atom stereocenters. The van der Waals surface area contributed by atoms with E-state index in [0.29, 0.717) is 13.0 Å². The number of primary sulfonamides is 1. The lowest BCUT2D eigenvalue weighted by molar-refractivity contribution is 0.0876. The second kappa shape index (κ2) is 2.18. The zero-order valence-electron chi connectivity index (χ0n) is 5.83. The average molecular weight is 165 g/mol. The van der Waals surface area contributed by atoms with E-state index in [-0.39, 0.29) is 0 Å². The average Bonchev–Trinajstić information content (AvgIpc) is 2.13. The van der Waals surface area contributed by atoms with E-state index in [1.807, 2.05) is 0 Å². The zero-order chi connectivity index (χ0) is 7.83. The van der Waals surface area contributed by atoms with E-state index in [0.717, 1.165) is 6.42 Å². The van der Waals surface area contributed by atoms with Crippen LogP contribution in [0.3, 0.4) is 0 Å². The summed E-state index contributed by atoms with van der Waals surface area (Å²) >= 11 is 0. The molecule has 0 aliphatic carbocycles. The number of rotatable bonds is 1. The fraction of sp³-hybridized carbons (Fsp3) is 1.00. The van der Waals surface area contributed by atoms with Gasteiger partial charge in [-0.3, -0.25) is 0 Å². The lowest BCUT2D eigenvalue weighted by Gasteiger charge is -2.19. The highest BCUT2D eigenvalue weighted by Crippen LogP contribution is 2.28. The van der Waals surface area contributed by atoms with Crippen LogP contribution in [0.1, 0.15) is 19.8 Å². The van der Waals surface area contributed by atoms with Crippen LogP contribution in [-0.2, 0) is 14.8 Å². The van der Waals surface area contributed by atoms with Gasteiger partial charge in [0.25, 0.3) is 0 Å². The molecule has 0 aromatic carbocycles. The van der Waals surface area contributed by atoms with Gasteiger partial charge in [-0.1, -0.05) is 0 Å². The molecular formula is C5H11NO3S. The van der Waals surface area contributed by atoms with E-state index < -0.39 is 15.0 Å². The first-order chi connectivity index (χ1) is 4.46. The van der Waals surface area contributed by atoms with Crippen molar-refractivity contribution in [1.82, 2.24) is 0 Å². The molecule has 2 N–H and O–H groups in total. The molecule has 1 heterocycles. The summed E-state index contributed by atoms with van der Waals surface area (Å²) in [7, 11) is -3.52. The van der Waals surface area contributed by atoms with Gasteiger partial charge < -0.3 is 4.74 Å². The molecule has 0 aromatic rings. The minimum absolute atomic E-state index is 0.493. The number of hydrogen-bond acceptors (Lipinski definition) is 3. The number of sulfonamides is 1. The van der Waals surface area contributed by atoms with Crippen LogP contribution < -0.4 is 5.14 Å². The molecule has 0 radical (unpaired) electrons. The molecule has 0 aromatic heterocycles. The molecule has 1 saturated heterocycles. The van der Waals surface area contributed by atoms with Gasteiger partial charge in [-0.2, -0.15) is 0 Å². The van der Waals surface area contributed by atoms with Gasteiger partial charge in [-0.15, -0.1) is 0 Å². The van der Waals surface area contributed by atoms with Gasteiger partial charge in [-0.25, -0.2) is 13.6 Å². The third-order valence-electron chi connectivity index (χ3n) is 1.78. The van der Waals surface area contributed by atoms with E-state index in [2.05, 4.69) is 0 Å². The van der Waals surface area contributed by atoms with Crippen molar-refractivity contribution in [3.63, 3.8) is 0 Å². The lowest BCUT2D eigenvalue weighted by Crippen LogP contribution is -2.39. The van der Waals surface area contributed by atoms with Crippen LogP contribution in [0.5, 0.6) is 0 Å². The van der Waals surface area contributed by atoms with Crippen LogP contribution in [-0.4, -0.2) is 20.0 Å². The molecule has 0 bridgehead atoms. The topological polar surface area (TPSA) is 69.4 Å². The predicted octanol–water partition coefficient (Wildman–Crippen LogP) is -0.198. The van der Waals surface area contributed by atoms with Gasteiger partial charge in [0.15, 0.2) is 4.93 Å². The second-order valence-corrected chi connectivity index (χ2v) is 4.58. The maximum atomic E-state index is 10.8. The molecular weight excluding hydrogens is 154 g/mol. The van der Waals surface area contributed by atoms with E-state index in [1.165, 1.54) is 6.92 Å². The fourth-order valence-electron chi connectivity index (χ4n) is 0.978. The van der Waals surface area contributed by atoms with Crippen molar-refractivity contribution in [2.75, 3.05) is 6.61 Å². The van der Waals surface area contributed by atoms with E-state index in [1.54, 1.807) is 0 Å². The van der Waals surface area contributed by atoms with Gasteiger partial charge in [-0.05, 0) is 19.8 Å². The normalized spacial score (nSPS) is 34.6. The van der Waals surface area contributed by atoms with Gasteiger partial charge in [0.05, 0.1) is 0 Å².